The molecule has 1 aliphatic rings. The van der Waals surface area contributed by atoms with E-state index in [1.165, 1.54) is 0 Å². The molecule has 0 heterocycles. The molecule has 118 valence electrons. The van der Waals surface area contributed by atoms with E-state index in [4.69, 9.17) is 5.11 Å². The zero-order valence-corrected chi connectivity index (χ0v) is 12.7. The van der Waals surface area contributed by atoms with Crippen LogP contribution in [-0.2, 0) is 16.0 Å². The van der Waals surface area contributed by atoms with E-state index in [2.05, 4.69) is 5.32 Å². The maximum atomic E-state index is 12.0. The Labute approximate surface area is 135 Å². The predicted octanol–water partition coefficient (Wildman–Crippen LogP) is 2.88. The van der Waals surface area contributed by atoms with Crippen LogP contribution >= 0.6 is 0 Å². The van der Waals surface area contributed by atoms with E-state index in [0.717, 1.165) is 29.5 Å². The second-order valence-corrected chi connectivity index (χ2v) is 5.96. The highest BCUT2D eigenvalue weighted by Crippen LogP contribution is 2.32. The Morgan fingerprint density at radius 2 is 1.61 bits per heavy atom. The Bertz CT molecular complexity index is 690. The number of carbonyl (C=O) groups excluding carboxylic acids is 1. The highest BCUT2D eigenvalue weighted by molar-refractivity contribution is 5.85. The van der Waals surface area contributed by atoms with Gasteiger partial charge in [0.15, 0.2) is 0 Å². The van der Waals surface area contributed by atoms with Crippen molar-refractivity contribution in [1.82, 2.24) is 5.32 Å². The number of aliphatic carboxylic acids is 1. The number of benzene rings is 2. The molecule has 1 aliphatic carbocycles. The molecule has 4 heteroatoms. The van der Waals surface area contributed by atoms with Crippen molar-refractivity contribution in [3.05, 3.63) is 60.2 Å². The molecule has 4 nitrogen and oxygen atoms in total. The minimum atomic E-state index is -0.944. The smallest absolute Gasteiger partial charge is 0.326 e. The van der Waals surface area contributed by atoms with Crippen LogP contribution in [-0.4, -0.2) is 23.0 Å². The highest BCUT2D eigenvalue weighted by atomic mass is 16.4. The first-order chi connectivity index (χ1) is 11.1. The van der Waals surface area contributed by atoms with E-state index in [9.17, 15) is 9.59 Å². The van der Waals surface area contributed by atoms with Gasteiger partial charge in [-0.3, -0.25) is 4.79 Å². The van der Waals surface area contributed by atoms with Crippen molar-refractivity contribution >= 4 is 11.9 Å². The molecule has 0 radical (unpaired) electrons. The summed E-state index contributed by atoms with van der Waals surface area (Å²) in [6, 6.07) is 17.1. The molecule has 1 unspecified atom stereocenters. The lowest BCUT2D eigenvalue weighted by Gasteiger charge is -2.13. The second-order valence-electron chi connectivity index (χ2n) is 5.96. The van der Waals surface area contributed by atoms with Crippen molar-refractivity contribution in [2.24, 2.45) is 5.92 Å². The Morgan fingerprint density at radius 1 is 1.00 bits per heavy atom. The van der Waals surface area contributed by atoms with E-state index >= 15 is 0 Å². The van der Waals surface area contributed by atoms with E-state index < -0.39 is 12.0 Å². The topological polar surface area (TPSA) is 66.4 Å². The third-order valence-electron chi connectivity index (χ3n) is 4.10. The highest BCUT2D eigenvalue weighted by Gasteiger charge is 2.37. The van der Waals surface area contributed by atoms with Gasteiger partial charge in [-0.25, -0.2) is 4.79 Å². The molecule has 1 saturated carbocycles. The van der Waals surface area contributed by atoms with E-state index in [1.807, 2.05) is 54.6 Å². The lowest BCUT2D eigenvalue weighted by molar-refractivity contribution is -0.142. The van der Waals surface area contributed by atoms with Gasteiger partial charge in [0, 0.05) is 0 Å². The Kier molecular flexibility index (Phi) is 4.42. The number of carboxylic acids is 1. The molecule has 0 aromatic heterocycles. The molecule has 2 aromatic rings. The molecule has 1 amide bonds. The maximum absolute atomic E-state index is 12.0. The zero-order chi connectivity index (χ0) is 16.2. The maximum Gasteiger partial charge on any atom is 0.326 e. The molecule has 0 bridgehead atoms. The number of hydrogen-bond donors (Lipinski definition) is 2. The van der Waals surface area contributed by atoms with Gasteiger partial charge in [-0.15, -0.1) is 0 Å². The van der Waals surface area contributed by atoms with E-state index in [-0.39, 0.29) is 18.2 Å². The lowest BCUT2D eigenvalue weighted by atomic mass is 10.0. The van der Waals surface area contributed by atoms with Crippen LogP contribution in [0.2, 0.25) is 0 Å². The normalized spacial score (nSPS) is 15.0. The summed E-state index contributed by atoms with van der Waals surface area (Å²) in [5.74, 6) is -1.09. The number of amides is 1. The number of rotatable bonds is 6. The van der Waals surface area contributed by atoms with Gasteiger partial charge in [0.25, 0.3) is 0 Å². The Balaban J connectivity index is 1.61. The van der Waals surface area contributed by atoms with Crippen LogP contribution in [0.25, 0.3) is 11.1 Å². The van der Waals surface area contributed by atoms with Crippen LogP contribution in [0.3, 0.4) is 0 Å². The molecule has 2 N–H and O–H groups in total. The summed E-state index contributed by atoms with van der Waals surface area (Å²) in [5, 5.41) is 11.8. The predicted molar refractivity (Wildman–Crippen MR) is 87.9 cm³/mol. The number of nitrogens with one attached hydrogen (secondary N) is 1. The van der Waals surface area contributed by atoms with Crippen molar-refractivity contribution in [3.63, 3.8) is 0 Å². The fourth-order valence-corrected chi connectivity index (χ4v) is 2.67. The standard InChI is InChI=1S/C19H19NO3/c21-17(20-18(19(22)23)16-10-11-16)12-13-6-8-15(9-7-13)14-4-2-1-3-5-14/h1-9,16,18H,10-12H2,(H,20,21)(H,22,23). The minimum absolute atomic E-state index is 0.0944. The SMILES string of the molecule is O=C(Cc1ccc(-c2ccccc2)cc1)NC(C(=O)O)C1CC1. The lowest BCUT2D eigenvalue weighted by Crippen LogP contribution is -2.43. The van der Waals surface area contributed by atoms with Crippen LogP contribution in [0.4, 0.5) is 0 Å². The summed E-state index contributed by atoms with van der Waals surface area (Å²) in [6.45, 7) is 0. The van der Waals surface area contributed by atoms with Gasteiger partial charge >= 0.3 is 5.97 Å². The molecule has 23 heavy (non-hydrogen) atoms. The van der Waals surface area contributed by atoms with Crippen LogP contribution in [0.15, 0.2) is 54.6 Å². The monoisotopic (exact) mass is 309 g/mol. The van der Waals surface area contributed by atoms with Gasteiger partial charge in [0.05, 0.1) is 6.42 Å². The molecule has 0 spiro atoms. The van der Waals surface area contributed by atoms with Gasteiger partial charge in [0.1, 0.15) is 6.04 Å². The van der Waals surface area contributed by atoms with Gasteiger partial charge in [0.2, 0.25) is 5.91 Å². The summed E-state index contributed by atoms with van der Waals surface area (Å²) < 4.78 is 0. The summed E-state index contributed by atoms with van der Waals surface area (Å²) in [6.07, 6.45) is 1.96. The molecule has 3 rings (SSSR count). The molecule has 0 aliphatic heterocycles. The third kappa shape index (κ3) is 3.97. The summed E-state index contributed by atoms with van der Waals surface area (Å²) in [5.41, 5.74) is 3.10. The Hall–Kier alpha value is -2.62. The molecule has 0 saturated heterocycles. The van der Waals surface area contributed by atoms with Crippen molar-refractivity contribution in [1.29, 1.82) is 0 Å². The average Bonchev–Trinajstić information content (AvgIpc) is 3.39. The first-order valence-corrected chi connectivity index (χ1v) is 7.80. The molecular weight excluding hydrogens is 290 g/mol. The van der Waals surface area contributed by atoms with Gasteiger partial charge in [-0.2, -0.15) is 0 Å². The number of carbonyl (C=O) groups is 2. The van der Waals surface area contributed by atoms with Gasteiger partial charge in [-0.1, -0.05) is 54.6 Å². The van der Waals surface area contributed by atoms with E-state index in [0.29, 0.717) is 0 Å². The van der Waals surface area contributed by atoms with Crippen LogP contribution in [0, 0.1) is 5.92 Å². The summed E-state index contributed by atoms with van der Waals surface area (Å²) >= 11 is 0. The average molecular weight is 309 g/mol. The van der Waals surface area contributed by atoms with Crippen LogP contribution in [0.1, 0.15) is 18.4 Å². The largest absolute Gasteiger partial charge is 0.480 e. The fraction of sp³-hybridized carbons (Fsp3) is 0.263. The van der Waals surface area contributed by atoms with Crippen LogP contribution in [0.5, 0.6) is 0 Å². The number of hydrogen-bond acceptors (Lipinski definition) is 2. The quantitative estimate of drug-likeness (QED) is 0.862. The van der Waals surface area contributed by atoms with Crippen molar-refractivity contribution < 1.29 is 14.7 Å². The zero-order valence-electron chi connectivity index (χ0n) is 12.7. The van der Waals surface area contributed by atoms with Crippen LogP contribution < -0.4 is 5.32 Å². The molecule has 1 atom stereocenters. The third-order valence-corrected chi connectivity index (χ3v) is 4.10. The first kappa shape index (κ1) is 15.3. The molecule has 1 fully saturated rings. The number of carboxylic acid groups (broad SMARTS) is 1. The fourth-order valence-electron chi connectivity index (χ4n) is 2.67. The Morgan fingerprint density at radius 3 is 2.17 bits per heavy atom. The summed E-state index contributed by atoms with van der Waals surface area (Å²) in [7, 11) is 0. The van der Waals surface area contributed by atoms with Gasteiger partial charge in [-0.05, 0) is 35.4 Å². The second kappa shape index (κ2) is 6.65. The molecule has 2 aromatic carbocycles. The van der Waals surface area contributed by atoms with Crippen molar-refractivity contribution in [3.8, 4) is 11.1 Å². The first-order valence-electron chi connectivity index (χ1n) is 7.80. The summed E-state index contributed by atoms with van der Waals surface area (Å²) in [4.78, 5) is 23.2. The van der Waals surface area contributed by atoms with Crippen molar-refractivity contribution in [2.45, 2.75) is 25.3 Å². The van der Waals surface area contributed by atoms with E-state index in [1.54, 1.807) is 0 Å². The van der Waals surface area contributed by atoms with Gasteiger partial charge < -0.3 is 10.4 Å². The van der Waals surface area contributed by atoms with Crippen molar-refractivity contribution in [2.75, 3.05) is 0 Å². The molecular formula is C19H19NO3. The minimum Gasteiger partial charge on any atom is -0.480 e.